The van der Waals surface area contributed by atoms with Gasteiger partial charge in [0.2, 0.25) is 0 Å². The Morgan fingerprint density at radius 3 is 3.00 bits per heavy atom. The molecule has 6 heteroatoms. The minimum absolute atomic E-state index is 0.195. The monoisotopic (exact) mass is 333 g/mol. The van der Waals surface area contributed by atoms with Crippen LogP contribution in [0.4, 0.5) is 0 Å². The number of halogens is 2. The molecule has 0 saturated carbocycles. The van der Waals surface area contributed by atoms with E-state index in [1.54, 1.807) is 18.2 Å². The van der Waals surface area contributed by atoms with Gasteiger partial charge in [0, 0.05) is 24.8 Å². The van der Waals surface area contributed by atoms with Gasteiger partial charge in [-0.3, -0.25) is 0 Å². The Hall–Kier alpha value is -0.520. The fraction of sp³-hybridized carbons (Fsp3) is 0.600. The highest BCUT2D eigenvalue weighted by molar-refractivity contribution is 6.35. The van der Waals surface area contributed by atoms with Gasteiger partial charge in [-0.2, -0.15) is 0 Å². The third kappa shape index (κ3) is 6.01. The predicted octanol–water partition coefficient (Wildman–Crippen LogP) is 2.75. The quantitative estimate of drug-likeness (QED) is 0.718. The lowest BCUT2D eigenvalue weighted by Gasteiger charge is -2.15. The molecule has 1 fully saturated rings. The normalized spacial score (nSPS) is 19.7. The molecule has 2 atom stereocenters. The average molecular weight is 334 g/mol. The second-order valence-corrected chi connectivity index (χ2v) is 6.11. The molecule has 21 heavy (non-hydrogen) atoms. The molecule has 1 aliphatic rings. The van der Waals surface area contributed by atoms with Gasteiger partial charge in [0.15, 0.2) is 0 Å². The SMILES string of the molecule is OC(CNCCC1CCOC1)COc1ccc(Cl)cc1Cl. The number of hydrogen-bond donors (Lipinski definition) is 2. The van der Waals surface area contributed by atoms with Crippen LogP contribution in [0.25, 0.3) is 0 Å². The third-order valence-corrected chi connectivity index (χ3v) is 3.99. The smallest absolute Gasteiger partial charge is 0.138 e. The first kappa shape index (κ1) is 16.8. The average Bonchev–Trinajstić information content (AvgIpc) is 2.96. The molecular formula is C15H21Cl2NO3. The molecular weight excluding hydrogens is 313 g/mol. The molecule has 4 nitrogen and oxygen atoms in total. The van der Waals surface area contributed by atoms with Crippen LogP contribution in [0.15, 0.2) is 18.2 Å². The summed E-state index contributed by atoms with van der Waals surface area (Å²) in [7, 11) is 0. The van der Waals surface area contributed by atoms with Crippen LogP contribution in [0.2, 0.25) is 10.0 Å². The number of benzene rings is 1. The molecule has 1 aliphatic heterocycles. The van der Waals surface area contributed by atoms with Gasteiger partial charge in [-0.05, 0) is 43.5 Å². The minimum Gasteiger partial charge on any atom is -0.489 e. The van der Waals surface area contributed by atoms with Crippen molar-refractivity contribution in [3.05, 3.63) is 28.2 Å². The lowest BCUT2D eigenvalue weighted by atomic mass is 10.1. The second kappa shape index (κ2) is 8.81. The first-order chi connectivity index (χ1) is 10.1. The molecule has 0 aromatic heterocycles. The summed E-state index contributed by atoms with van der Waals surface area (Å²) in [5.74, 6) is 1.18. The van der Waals surface area contributed by atoms with Gasteiger partial charge < -0.3 is 19.9 Å². The van der Waals surface area contributed by atoms with Crippen molar-refractivity contribution in [3.63, 3.8) is 0 Å². The molecule has 1 aromatic rings. The van der Waals surface area contributed by atoms with E-state index >= 15 is 0 Å². The summed E-state index contributed by atoms with van der Waals surface area (Å²) < 4.78 is 10.8. The molecule has 1 aromatic carbocycles. The fourth-order valence-electron chi connectivity index (χ4n) is 2.22. The van der Waals surface area contributed by atoms with Crippen molar-refractivity contribution in [1.29, 1.82) is 0 Å². The lowest BCUT2D eigenvalue weighted by Crippen LogP contribution is -2.32. The first-order valence-electron chi connectivity index (χ1n) is 7.19. The van der Waals surface area contributed by atoms with Gasteiger partial charge in [-0.1, -0.05) is 23.2 Å². The number of hydrogen-bond acceptors (Lipinski definition) is 4. The van der Waals surface area contributed by atoms with Crippen LogP contribution in [0.5, 0.6) is 5.75 Å². The van der Waals surface area contributed by atoms with Crippen molar-refractivity contribution in [3.8, 4) is 5.75 Å². The van der Waals surface area contributed by atoms with E-state index in [0.29, 0.717) is 28.3 Å². The van der Waals surface area contributed by atoms with Crippen LogP contribution < -0.4 is 10.1 Å². The van der Waals surface area contributed by atoms with Crippen molar-refractivity contribution >= 4 is 23.2 Å². The summed E-state index contributed by atoms with van der Waals surface area (Å²) in [5, 5.41) is 14.1. The van der Waals surface area contributed by atoms with E-state index in [0.717, 1.165) is 32.6 Å². The van der Waals surface area contributed by atoms with E-state index in [1.807, 2.05) is 0 Å². The molecule has 0 radical (unpaired) electrons. The van der Waals surface area contributed by atoms with Crippen molar-refractivity contribution in [2.24, 2.45) is 5.92 Å². The molecule has 2 N–H and O–H groups in total. The molecule has 0 spiro atoms. The molecule has 118 valence electrons. The summed E-state index contributed by atoms with van der Waals surface area (Å²) in [6.45, 7) is 3.32. The van der Waals surface area contributed by atoms with Gasteiger partial charge >= 0.3 is 0 Å². The van der Waals surface area contributed by atoms with E-state index < -0.39 is 6.10 Å². The molecule has 0 aliphatic carbocycles. The Morgan fingerprint density at radius 2 is 2.29 bits per heavy atom. The minimum atomic E-state index is -0.573. The van der Waals surface area contributed by atoms with E-state index in [-0.39, 0.29) is 6.61 Å². The van der Waals surface area contributed by atoms with Crippen molar-refractivity contribution < 1.29 is 14.6 Å². The van der Waals surface area contributed by atoms with Crippen LogP contribution in [0.1, 0.15) is 12.8 Å². The summed E-state index contributed by atoms with van der Waals surface area (Å²) in [4.78, 5) is 0. The maximum absolute atomic E-state index is 9.87. The summed E-state index contributed by atoms with van der Waals surface area (Å²) in [6, 6.07) is 5.02. The van der Waals surface area contributed by atoms with Crippen molar-refractivity contribution in [2.75, 3.05) is 32.9 Å². The maximum atomic E-state index is 9.87. The molecule has 0 amide bonds. The molecule has 1 heterocycles. The highest BCUT2D eigenvalue weighted by Gasteiger charge is 2.15. The standard InChI is InChI=1S/C15H21Cl2NO3/c16-12-1-2-15(14(17)7-12)21-10-13(19)8-18-5-3-11-4-6-20-9-11/h1-2,7,11,13,18-19H,3-6,8-10H2. The largest absolute Gasteiger partial charge is 0.489 e. The number of nitrogens with one attached hydrogen (secondary N) is 1. The number of aliphatic hydroxyl groups is 1. The second-order valence-electron chi connectivity index (χ2n) is 5.26. The lowest BCUT2D eigenvalue weighted by molar-refractivity contribution is 0.106. The Balaban J connectivity index is 1.59. The molecule has 1 saturated heterocycles. The molecule has 2 unspecified atom stereocenters. The Labute approximate surface area is 135 Å². The number of aliphatic hydroxyl groups excluding tert-OH is 1. The number of rotatable bonds is 8. The summed E-state index contributed by atoms with van der Waals surface area (Å²) >= 11 is 11.8. The van der Waals surface area contributed by atoms with Crippen LogP contribution >= 0.6 is 23.2 Å². The Morgan fingerprint density at radius 1 is 1.43 bits per heavy atom. The highest BCUT2D eigenvalue weighted by Crippen LogP contribution is 2.27. The maximum Gasteiger partial charge on any atom is 0.138 e. The van der Waals surface area contributed by atoms with Gasteiger partial charge in [0.1, 0.15) is 18.5 Å². The van der Waals surface area contributed by atoms with Crippen LogP contribution in [0, 0.1) is 5.92 Å². The first-order valence-corrected chi connectivity index (χ1v) is 7.95. The molecule has 0 bridgehead atoms. The van der Waals surface area contributed by atoms with Gasteiger partial charge in [-0.25, -0.2) is 0 Å². The van der Waals surface area contributed by atoms with Gasteiger partial charge in [0.25, 0.3) is 0 Å². The zero-order valence-electron chi connectivity index (χ0n) is 11.9. The van der Waals surface area contributed by atoms with E-state index in [4.69, 9.17) is 32.7 Å². The number of ether oxygens (including phenoxy) is 2. The van der Waals surface area contributed by atoms with Crippen molar-refractivity contribution in [1.82, 2.24) is 5.32 Å². The Bertz CT molecular complexity index is 439. The van der Waals surface area contributed by atoms with Gasteiger partial charge in [0.05, 0.1) is 5.02 Å². The third-order valence-electron chi connectivity index (χ3n) is 3.46. The van der Waals surface area contributed by atoms with E-state index in [9.17, 15) is 5.11 Å². The van der Waals surface area contributed by atoms with E-state index in [2.05, 4.69) is 5.32 Å². The molecule has 2 rings (SSSR count). The summed E-state index contributed by atoms with van der Waals surface area (Å²) in [6.07, 6.45) is 1.65. The van der Waals surface area contributed by atoms with Crippen LogP contribution in [0.3, 0.4) is 0 Å². The summed E-state index contributed by atoms with van der Waals surface area (Å²) in [5.41, 5.74) is 0. The topological polar surface area (TPSA) is 50.7 Å². The zero-order chi connectivity index (χ0) is 15.1. The fourth-order valence-corrected chi connectivity index (χ4v) is 2.69. The van der Waals surface area contributed by atoms with Crippen LogP contribution in [-0.4, -0.2) is 44.1 Å². The Kier molecular flexibility index (Phi) is 7.07. The predicted molar refractivity (Wildman–Crippen MR) is 84.4 cm³/mol. The van der Waals surface area contributed by atoms with Crippen molar-refractivity contribution in [2.45, 2.75) is 18.9 Å². The van der Waals surface area contributed by atoms with Crippen LogP contribution in [-0.2, 0) is 4.74 Å². The van der Waals surface area contributed by atoms with E-state index in [1.165, 1.54) is 0 Å². The zero-order valence-corrected chi connectivity index (χ0v) is 13.4. The highest BCUT2D eigenvalue weighted by atomic mass is 35.5. The van der Waals surface area contributed by atoms with Gasteiger partial charge in [-0.15, -0.1) is 0 Å².